The van der Waals surface area contributed by atoms with Gasteiger partial charge in [-0.05, 0) is 44.9 Å². The molecular weight excluding hydrogens is 407 g/mol. The number of nitrogens with one attached hydrogen (secondary N) is 1. The van der Waals surface area contributed by atoms with Gasteiger partial charge in [-0.2, -0.15) is 23.4 Å². The van der Waals surface area contributed by atoms with E-state index < -0.39 is 11.9 Å². The SMILES string of the molecule is Cc1nn(-c2ccccc2)c(C)c1CNC(=O)CCn1nc(C(F)(F)F)cc1C1CC1. The first kappa shape index (κ1) is 21.1. The lowest BCUT2D eigenvalue weighted by molar-refractivity contribution is -0.141. The summed E-state index contributed by atoms with van der Waals surface area (Å²) >= 11 is 0. The van der Waals surface area contributed by atoms with Gasteiger partial charge in [0.05, 0.1) is 11.4 Å². The Bertz CT molecular complexity index is 1080. The van der Waals surface area contributed by atoms with Crippen molar-refractivity contribution in [1.82, 2.24) is 24.9 Å². The number of aromatic nitrogens is 4. The van der Waals surface area contributed by atoms with Gasteiger partial charge in [-0.1, -0.05) is 18.2 Å². The second kappa shape index (κ2) is 8.20. The summed E-state index contributed by atoms with van der Waals surface area (Å²) in [6.45, 7) is 4.26. The summed E-state index contributed by atoms with van der Waals surface area (Å²) in [4.78, 5) is 12.4. The van der Waals surface area contributed by atoms with Crippen molar-refractivity contribution in [2.24, 2.45) is 0 Å². The lowest BCUT2D eigenvalue weighted by Crippen LogP contribution is -2.25. The Hall–Kier alpha value is -3.10. The highest BCUT2D eigenvalue weighted by Crippen LogP contribution is 2.42. The quantitative estimate of drug-likeness (QED) is 0.607. The fraction of sp³-hybridized carbons (Fsp3) is 0.409. The Balaban J connectivity index is 1.39. The molecule has 0 aliphatic heterocycles. The van der Waals surface area contributed by atoms with Crippen LogP contribution in [-0.4, -0.2) is 25.5 Å². The number of para-hydroxylation sites is 1. The van der Waals surface area contributed by atoms with Crippen LogP contribution in [0.15, 0.2) is 36.4 Å². The van der Waals surface area contributed by atoms with Crippen LogP contribution in [0.2, 0.25) is 0 Å². The van der Waals surface area contributed by atoms with E-state index in [1.165, 1.54) is 4.68 Å². The molecule has 0 saturated heterocycles. The molecule has 0 unspecified atom stereocenters. The topological polar surface area (TPSA) is 64.7 Å². The summed E-state index contributed by atoms with van der Waals surface area (Å²) in [6.07, 6.45) is -2.70. The number of rotatable bonds is 7. The van der Waals surface area contributed by atoms with E-state index in [0.29, 0.717) is 12.2 Å². The molecule has 1 aliphatic carbocycles. The molecule has 1 aliphatic rings. The largest absolute Gasteiger partial charge is 0.435 e. The van der Waals surface area contributed by atoms with E-state index in [1.807, 2.05) is 48.9 Å². The molecule has 1 fully saturated rings. The minimum absolute atomic E-state index is 0.0591. The highest BCUT2D eigenvalue weighted by atomic mass is 19.4. The van der Waals surface area contributed by atoms with E-state index in [0.717, 1.165) is 41.5 Å². The Morgan fingerprint density at radius 2 is 1.87 bits per heavy atom. The van der Waals surface area contributed by atoms with Crippen LogP contribution >= 0.6 is 0 Å². The normalized spacial score (nSPS) is 14.1. The molecule has 3 aromatic rings. The number of hydrogen-bond donors (Lipinski definition) is 1. The lowest BCUT2D eigenvalue weighted by atomic mass is 10.2. The van der Waals surface area contributed by atoms with Gasteiger partial charge in [-0.15, -0.1) is 0 Å². The minimum Gasteiger partial charge on any atom is -0.352 e. The van der Waals surface area contributed by atoms with Crippen molar-refractivity contribution in [2.75, 3.05) is 0 Å². The molecule has 0 radical (unpaired) electrons. The van der Waals surface area contributed by atoms with Crippen LogP contribution in [0.25, 0.3) is 5.69 Å². The van der Waals surface area contributed by atoms with E-state index in [4.69, 9.17) is 0 Å². The lowest BCUT2D eigenvalue weighted by Gasteiger charge is -2.09. The molecule has 6 nitrogen and oxygen atoms in total. The zero-order valence-corrected chi connectivity index (χ0v) is 17.4. The second-order valence-corrected chi connectivity index (χ2v) is 7.87. The van der Waals surface area contributed by atoms with Crippen LogP contribution in [0.1, 0.15) is 53.5 Å². The predicted molar refractivity (Wildman–Crippen MR) is 109 cm³/mol. The van der Waals surface area contributed by atoms with Gasteiger partial charge < -0.3 is 5.32 Å². The molecular formula is C22H24F3N5O. The summed E-state index contributed by atoms with van der Waals surface area (Å²) < 4.78 is 42.2. The average molecular weight is 431 g/mol. The standard InChI is InChI=1S/C22H24F3N5O/c1-14-18(15(2)30(27-14)17-6-4-3-5-7-17)13-26-21(31)10-11-29-19(16-8-9-16)12-20(28-29)22(23,24)25/h3-7,12,16H,8-11,13H2,1-2H3,(H,26,31). The summed E-state index contributed by atoms with van der Waals surface area (Å²) in [5.74, 6) is -0.127. The van der Waals surface area contributed by atoms with Crippen molar-refractivity contribution < 1.29 is 18.0 Å². The van der Waals surface area contributed by atoms with Crippen LogP contribution in [0.5, 0.6) is 0 Å². The predicted octanol–water partition coefficient (Wildman–Crippen LogP) is 4.29. The van der Waals surface area contributed by atoms with Crippen LogP contribution in [0, 0.1) is 13.8 Å². The maximum atomic E-state index is 13.0. The number of halogens is 3. The highest BCUT2D eigenvalue weighted by Gasteiger charge is 2.37. The molecule has 31 heavy (non-hydrogen) atoms. The third-order valence-electron chi connectivity index (χ3n) is 5.55. The minimum atomic E-state index is -4.48. The van der Waals surface area contributed by atoms with Crippen molar-refractivity contribution in [2.45, 2.75) is 58.3 Å². The van der Waals surface area contributed by atoms with Crippen molar-refractivity contribution in [3.05, 3.63) is 64.7 Å². The molecule has 9 heteroatoms. The van der Waals surface area contributed by atoms with Gasteiger partial charge >= 0.3 is 6.18 Å². The number of amides is 1. The maximum absolute atomic E-state index is 13.0. The smallest absolute Gasteiger partial charge is 0.352 e. The van der Waals surface area contributed by atoms with Crippen molar-refractivity contribution in [3.8, 4) is 5.69 Å². The van der Waals surface area contributed by atoms with Crippen LogP contribution in [-0.2, 0) is 24.1 Å². The average Bonchev–Trinajstić information content (AvgIpc) is 3.41. The molecule has 164 valence electrons. The number of carbonyl (C=O) groups excluding carboxylic acids is 1. The third-order valence-corrected chi connectivity index (χ3v) is 5.55. The Morgan fingerprint density at radius 3 is 2.52 bits per heavy atom. The fourth-order valence-corrected chi connectivity index (χ4v) is 3.69. The Labute approximate surface area is 178 Å². The molecule has 1 saturated carbocycles. The zero-order chi connectivity index (χ0) is 22.2. The van der Waals surface area contributed by atoms with E-state index in [9.17, 15) is 18.0 Å². The van der Waals surface area contributed by atoms with Gasteiger partial charge in [0.2, 0.25) is 5.91 Å². The van der Waals surface area contributed by atoms with Gasteiger partial charge in [0.1, 0.15) is 0 Å². The summed E-state index contributed by atoms with van der Waals surface area (Å²) in [7, 11) is 0. The van der Waals surface area contributed by atoms with Crippen molar-refractivity contribution in [3.63, 3.8) is 0 Å². The molecule has 1 N–H and O–H groups in total. The van der Waals surface area contributed by atoms with E-state index >= 15 is 0 Å². The van der Waals surface area contributed by atoms with Crippen molar-refractivity contribution >= 4 is 5.91 Å². The third kappa shape index (κ3) is 4.65. The number of alkyl halides is 3. The molecule has 0 bridgehead atoms. The van der Waals surface area contributed by atoms with Gasteiger partial charge in [-0.25, -0.2) is 4.68 Å². The van der Waals surface area contributed by atoms with Gasteiger partial charge in [-0.3, -0.25) is 9.48 Å². The molecule has 0 atom stereocenters. The fourth-order valence-electron chi connectivity index (χ4n) is 3.69. The Kier molecular flexibility index (Phi) is 5.60. The van der Waals surface area contributed by atoms with Gasteiger partial charge in [0.25, 0.3) is 0 Å². The summed E-state index contributed by atoms with van der Waals surface area (Å²) in [5, 5.41) is 11.1. The monoisotopic (exact) mass is 431 g/mol. The summed E-state index contributed by atoms with van der Waals surface area (Å²) in [5.41, 5.74) is 3.29. The first-order valence-electron chi connectivity index (χ1n) is 10.3. The Morgan fingerprint density at radius 1 is 1.16 bits per heavy atom. The van der Waals surface area contributed by atoms with Crippen molar-refractivity contribution in [1.29, 1.82) is 0 Å². The van der Waals surface area contributed by atoms with E-state index in [-0.39, 0.29) is 24.8 Å². The first-order chi connectivity index (χ1) is 14.7. The molecule has 2 aromatic heterocycles. The molecule has 1 amide bonds. The van der Waals surface area contributed by atoms with Gasteiger partial charge in [0.15, 0.2) is 5.69 Å². The van der Waals surface area contributed by atoms with Gasteiger partial charge in [0, 0.05) is 42.4 Å². The first-order valence-corrected chi connectivity index (χ1v) is 10.3. The highest BCUT2D eigenvalue weighted by molar-refractivity contribution is 5.75. The number of benzene rings is 1. The molecule has 0 spiro atoms. The van der Waals surface area contributed by atoms with Crippen LogP contribution in [0.3, 0.4) is 0 Å². The number of carbonyl (C=O) groups is 1. The number of nitrogens with zero attached hydrogens (tertiary/aromatic N) is 4. The molecule has 2 heterocycles. The van der Waals surface area contributed by atoms with E-state index in [2.05, 4.69) is 15.5 Å². The van der Waals surface area contributed by atoms with Crippen LogP contribution < -0.4 is 5.32 Å². The maximum Gasteiger partial charge on any atom is 0.435 e. The number of hydrogen-bond acceptors (Lipinski definition) is 3. The zero-order valence-electron chi connectivity index (χ0n) is 17.4. The number of aryl methyl sites for hydroxylation is 2. The summed E-state index contributed by atoms with van der Waals surface area (Å²) in [6, 6.07) is 10.8. The van der Waals surface area contributed by atoms with E-state index in [1.54, 1.807) is 0 Å². The molecule has 4 rings (SSSR count). The second-order valence-electron chi connectivity index (χ2n) is 7.87. The molecule has 1 aromatic carbocycles. The van der Waals surface area contributed by atoms with Crippen LogP contribution in [0.4, 0.5) is 13.2 Å².